The van der Waals surface area contributed by atoms with Crippen LogP contribution in [0.25, 0.3) is 0 Å². The van der Waals surface area contributed by atoms with E-state index in [1.165, 1.54) is 28.3 Å². The van der Waals surface area contributed by atoms with Gasteiger partial charge in [0.25, 0.3) is 11.8 Å². The van der Waals surface area contributed by atoms with Gasteiger partial charge in [-0.25, -0.2) is 9.07 Å². The van der Waals surface area contributed by atoms with Crippen molar-refractivity contribution in [2.24, 2.45) is 0 Å². The first-order chi connectivity index (χ1) is 11.9. The number of alkyl halides is 1. The van der Waals surface area contributed by atoms with Gasteiger partial charge in [0, 0.05) is 12.5 Å². The quantitative estimate of drug-likeness (QED) is 0.877. The van der Waals surface area contributed by atoms with Gasteiger partial charge < -0.3 is 14.6 Å². The number of hydrogen-bond acceptors (Lipinski definition) is 5. The van der Waals surface area contributed by atoms with Crippen LogP contribution in [-0.4, -0.2) is 56.5 Å². The van der Waals surface area contributed by atoms with Crippen LogP contribution in [0, 0.1) is 0 Å². The molecular formula is C16H20FN5O3. The molecule has 8 nitrogen and oxygen atoms in total. The summed E-state index contributed by atoms with van der Waals surface area (Å²) < 4.78 is 20.3. The molecule has 2 aromatic heterocycles. The highest BCUT2D eigenvalue weighted by Crippen LogP contribution is 2.24. The van der Waals surface area contributed by atoms with Crippen molar-refractivity contribution in [3.63, 3.8) is 0 Å². The second-order valence-corrected chi connectivity index (χ2v) is 6.41. The third kappa shape index (κ3) is 3.86. The number of carbonyl (C=O) groups excluding carboxylic acids is 2. The van der Waals surface area contributed by atoms with Gasteiger partial charge in [-0.15, -0.1) is 5.10 Å². The minimum atomic E-state index is -1.09. The zero-order valence-corrected chi connectivity index (χ0v) is 14.1. The smallest absolute Gasteiger partial charge is 0.273 e. The Kier molecular flexibility index (Phi) is 4.82. The Hall–Kier alpha value is -2.71. The Bertz CT molecular complexity index is 743. The topological polar surface area (TPSA) is 93.3 Å². The van der Waals surface area contributed by atoms with Crippen LogP contribution in [-0.2, 0) is 6.54 Å². The summed E-state index contributed by atoms with van der Waals surface area (Å²) in [5, 5.41) is 10.5. The van der Waals surface area contributed by atoms with Gasteiger partial charge in [0.05, 0.1) is 37.2 Å². The molecular weight excluding hydrogens is 329 g/mol. The molecule has 1 aliphatic heterocycles. The van der Waals surface area contributed by atoms with Crippen LogP contribution in [0.4, 0.5) is 4.39 Å². The van der Waals surface area contributed by atoms with Gasteiger partial charge in [0.2, 0.25) is 0 Å². The Labute approximate surface area is 144 Å². The lowest BCUT2D eigenvalue weighted by atomic mass is 10.2. The summed E-state index contributed by atoms with van der Waals surface area (Å²) in [6.07, 6.45) is 3.38. The number of nitrogens with one attached hydrogen (secondary N) is 1. The highest BCUT2D eigenvalue weighted by atomic mass is 19.1. The van der Waals surface area contributed by atoms with E-state index in [-0.39, 0.29) is 49.1 Å². The fraction of sp³-hybridized carbons (Fsp3) is 0.500. The number of furan rings is 1. The van der Waals surface area contributed by atoms with E-state index in [9.17, 15) is 14.0 Å². The molecule has 1 N–H and O–H groups in total. The molecule has 2 unspecified atom stereocenters. The van der Waals surface area contributed by atoms with Gasteiger partial charge in [-0.05, 0) is 19.9 Å². The van der Waals surface area contributed by atoms with Crippen molar-refractivity contribution in [3.8, 4) is 0 Å². The van der Waals surface area contributed by atoms with Crippen molar-refractivity contribution < 1.29 is 18.4 Å². The van der Waals surface area contributed by atoms with Crippen LogP contribution in [0.2, 0.25) is 0 Å². The zero-order chi connectivity index (χ0) is 18.0. The summed E-state index contributed by atoms with van der Waals surface area (Å²) >= 11 is 0. The second-order valence-electron chi connectivity index (χ2n) is 6.41. The fourth-order valence-corrected chi connectivity index (χ4v) is 2.88. The lowest BCUT2D eigenvalue weighted by Gasteiger charge is -2.23. The minimum Gasteiger partial charge on any atom is -0.472 e. The average Bonchev–Trinajstić information content (AvgIpc) is 3.27. The van der Waals surface area contributed by atoms with Gasteiger partial charge in [-0.2, -0.15) is 0 Å². The first kappa shape index (κ1) is 17.1. The lowest BCUT2D eigenvalue weighted by molar-refractivity contribution is 0.0713. The maximum absolute atomic E-state index is 13.9. The molecule has 3 rings (SSSR count). The molecule has 2 aromatic rings. The number of halogens is 1. The first-order valence-corrected chi connectivity index (χ1v) is 8.12. The summed E-state index contributed by atoms with van der Waals surface area (Å²) in [6, 6.07) is 1.18. The van der Waals surface area contributed by atoms with E-state index in [0.29, 0.717) is 5.56 Å². The molecule has 0 spiro atoms. The number of nitrogens with zero attached hydrogens (tertiary/aromatic N) is 4. The van der Waals surface area contributed by atoms with Crippen LogP contribution >= 0.6 is 0 Å². The number of likely N-dealkylation sites (tertiary alicyclic amines) is 1. The molecule has 2 amide bonds. The molecule has 1 aliphatic rings. The van der Waals surface area contributed by atoms with E-state index in [2.05, 4.69) is 15.6 Å². The van der Waals surface area contributed by atoms with Crippen molar-refractivity contribution in [3.05, 3.63) is 36.0 Å². The molecule has 0 bridgehead atoms. The Balaban J connectivity index is 1.69. The lowest BCUT2D eigenvalue weighted by Crippen LogP contribution is -2.38. The van der Waals surface area contributed by atoms with Crippen molar-refractivity contribution in [2.45, 2.75) is 45.1 Å². The van der Waals surface area contributed by atoms with Crippen LogP contribution in [0.3, 0.4) is 0 Å². The normalized spacial score (nSPS) is 20.2. The van der Waals surface area contributed by atoms with Crippen LogP contribution < -0.4 is 5.32 Å². The average molecular weight is 349 g/mol. The first-order valence-electron chi connectivity index (χ1n) is 8.12. The van der Waals surface area contributed by atoms with Crippen LogP contribution in [0.5, 0.6) is 0 Å². The van der Waals surface area contributed by atoms with E-state index < -0.39 is 6.17 Å². The third-order valence-corrected chi connectivity index (χ3v) is 3.98. The Morgan fingerprint density at radius 2 is 2.28 bits per heavy atom. The van der Waals surface area contributed by atoms with Crippen molar-refractivity contribution in [2.75, 3.05) is 6.54 Å². The van der Waals surface area contributed by atoms with Gasteiger partial charge in [0.15, 0.2) is 5.69 Å². The standard InChI is InChI=1S/C16H20FN5O3/c1-10(2)18-15(23)14-8-21(20-19-14)7-13-5-12(17)6-22(13)16(24)11-3-4-25-9-11/h3-4,8-10,12-13H,5-7H2,1-2H3,(H,18,23). The maximum Gasteiger partial charge on any atom is 0.273 e. The summed E-state index contributed by atoms with van der Waals surface area (Å²) in [5.74, 6) is -0.598. The highest BCUT2D eigenvalue weighted by Gasteiger charge is 2.36. The largest absolute Gasteiger partial charge is 0.472 e. The van der Waals surface area contributed by atoms with Gasteiger partial charge in [0.1, 0.15) is 12.4 Å². The van der Waals surface area contributed by atoms with Crippen molar-refractivity contribution in [1.29, 1.82) is 0 Å². The Morgan fingerprint density at radius 3 is 2.96 bits per heavy atom. The molecule has 0 radical (unpaired) electrons. The molecule has 9 heteroatoms. The zero-order valence-electron chi connectivity index (χ0n) is 14.1. The molecule has 25 heavy (non-hydrogen) atoms. The molecule has 0 aromatic carbocycles. The van der Waals surface area contributed by atoms with E-state index in [4.69, 9.17) is 4.42 Å². The maximum atomic E-state index is 13.9. The van der Waals surface area contributed by atoms with Gasteiger partial charge >= 0.3 is 0 Å². The molecule has 1 fully saturated rings. The number of amides is 2. The van der Waals surface area contributed by atoms with Crippen molar-refractivity contribution in [1.82, 2.24) is 25.2 Å². The summed E-state index contributed by atoms with van der Waals surface area (Å²) in [4.78, 5) is 25.9. The summed E-state index contributed by atoms with van der Waals surface area (Å²) in [5.41, 5.74) is 0.575. The molecule has 0 saturated carbocycles. The number of aromatic nitrogens is 3. The fourth-order valence-electron chi connectivity index (χ4n) is 2.88. The van der Waals surface area contributed by atoms with E-state index >= 15 is 0 Å². The minimum absolute atomic E-state index is 0.0112. The van der Waals surface area contributed by atoms with E-state index in [1.807, 2.05) is 13.8 Å². The molecule has 0 aliphatic carbocycles. The SMILES string of the molecule is CC(C)NC(=O)c1cn(CC2CC(F)CN2C(=O)c2ccoc2)nn1. The van der Waals surface area contributed by atoms with Crippen LogP contribution in [0.15, 0.2) is 29.2 Å². The summed E-state index contributed by atoms with van der Waals surface area (Å²) in [7, 11) is 0. The summed E-state index contributed by atoms with van der Waals surface area (Å²) in [6.45, 7) is 4.00. The number of carbonyl (C=O) groups is 2. The monoisotopic (exact) mass is 349 g/mol. The van der Waals surface area contributed by atoms with Crippen LogP contribution in [0.1, 0.15) is 41.1 Å². The number of hydrogen-bond donors (Lipinski definition) is 1. The van der Waals surface area contributed by atoms with E-state index in [0.717, 1.165) is 0 Å². The van der Waals surface area contributed by atoms with E-state index in [1.54, 1.807) is 6.07 Å². The predicted octanol–water partition coefficient (Wildman–Crippen LogP) is 1.26. The number of rotatable bonds is 5. The Morgan fingerprint density at radius 1 is 1.48 bits per heavy atom. The van der Waals surface area contributed by atoms with Gasteiger partial charge in [-0.3, -0.25) is 9.59 Å². The van der Waals surface area contributed by atoms with Crippen molar-refractivity contribution >= 4 is 11.8 Å². The molecule has 1 saturated heterocycles. The molecule has 2 atom stereocenters. The molecule has 3 heterocycles. The highest BCUT2D eigenvalue weighted by molar-refractivity contribution is 5.94. The van der Waals surface area contributed by atoms with Gasteiger partial charge in [-0.1, -0.05) is 5.21 Å². The predicted molar refractivity (Wildman–Crippen MR) is 85.7 cm³/mol. The third-order valence-electron chi connectivity index (χ3n) is 3.98. The molecule has 134 valence electrons. The second kappa shape index (κ2) is 7.04.